The molecule has 33 heavy (non-hydrogen) atoms. The van der Waals surface area contributed by atoms with E-state index in [0.717, 1.165) is 19.2 Å². The number of carbonyl (C=O) groups is 1. The summed E-state index contributed by atoms with van der Waals surface area (Å²) in [6.07, 6.45) is -4.77. The molecule has 13 heteroatoms. The molecular weight excluding hydrogens is 445 g/mol. The van der Waals surface area contributed by atoms with E-state index in [1.807, 2.05) is 0 Å². The van der Waals surface area contributed by atoms with E-state index in [9.17, 15) is 28.1 Å². The first-order chi connectivity index (χ1) is 15.7. The molecule has 0 radical (unpaired) electrons. The van der Waals surface area contributed by atoms with Gasteiger partial charge in [0.25, 0.3) is 11.6 Å². The SMILES string of the molecule is O=C(NCCN1CCOCC1)c1cc2nc(-c3ccc([N+](=O)[O-])cc3)cc(C(F)(F)F)n2n1. The highest BCUT2D eigenvalue weighted by molar-refractivity contribution is 5.93. The van der Waals surface area contributed by atoms with Gasteiger partial charge < -0.3 is 10.1 Å². The fourth-order valence-electron chi connectivity index (χ4n) is 3.43. The van der Waals surface area contributed by atoms with E-state index in [1.165, 1.54) is 30.3 Å². The third kappa shape index (κ3) is 5.09. The number of alkyl halides is 3. The second-order valence-electron chi connectivity index (χ2n) is 7.34. The Balaban J connectivity index is 1.59. The number of rotatable bonds is 6. The maximum Gasteiger partial charge on any atom is 0.433 e. The Labute approximate surface area is 185 Å². The molecule has 3 heterocycles. The maximum absolute atomic E-state index is 13.7. The lowest BCUT2D eigenvalue weighted by atomic mass is 10.1. The second-order valence-corrected chi connectivity index (χ2v) is 7.34. The van der Waals surface area contributed by atoms with Crippen molar-refractivity contribution in [2.45, 2.75) is 6.18 Å². The van der Waals surface area contributed by atoms with Gasteiger partial charge in [-0.3, -0.25) is 19.8 Å². The number of morpholine rings is 1. The number of hydrogen-bond acceptors (Lipinski definition) is 7. The predicted octanol–water partition coefficient (Wildman–Crippen LogP) is 2.39. The average molecular weight is 464 g/mol. The molecule has 0 unspecified atom stereocenters. The molecule has 1 fully saturated rings. The van der Waals surface area contributed by atoms with Crippen molar-refractivity contribution in [3.8, 4) is 11.3 Å². The molecule has 174 valence electrons. The summed E-state index contributed by atoms with van der Waals surface area (Å²) in [6, 6.07) is 6.95. The number of amides is 1. The number of non-ortho nitro benzene ring substituents is 1. The molecule has 3 aromatic rings. The summed E-state index contributed by atoms with van der Waals surface area (Å²) in [5, 5.41) is 17.3. The van der Waals surface area contributed by atoms with Crippen molar-refractivity contribution in [3.63, 3.8) is 0 Å². The molecule has 10 nitrogen and oxygen atoms in total. The highest BCUT2D eigenvalue weighted by Crippen LogP contribution is 2.32. The highest BCUT2D eigenvalue weighted by Gasteiger charge is 2.35. The largest absolute Gasteiger partial charge is 0.433 e. The molecule has 0 atom stereocenters. The molecule has 4 rings (SSSR count). The number of ether oxygens (including phenoxy) is 1. The van der Waals surface area contributed by atoms with Gasteiger partial charge in [0.2, 0.25) is 0 Å². The first-order valence-corrected chi connectivity index (χ1v) is 10.0. The van der Waals surface area contributed by atoms with E-state index in [4.69, 9.17) is 4.74 Å². The van der Waals surface area contributed by atoms with Crippen LogP contribution in [0.2, 0.25) is 0 Å². The standard InChI is InChI=1S/C20H19F3N6O4/c21-20(22,23)17-11-15(13-1-3-14(4-2-13)29(31)32)25-18-12-16(26-28(17)18)19(30)24-5-6-27-7-9-33-10-8-27/h1-4,11-12H,5-10H2,(H,24,30). The lowest BCUT2D eigenvalue weighted by Crippen LogP contribution is -2.41. The van der Waals surface area contributed by atoms with Gasteiger partial charge in [0, 0.05) is 49.9 Å². The lowest BCUT2D eigenvalue weighted by molar-refractivity contribution is -0.384. The van der Waals surface area contributed by atoms with Crippen LogP contribution in [-0.2, 0) is 10.9 Å². The van der Waals surface area contributed by atoms with Gasteiger partial charge in [-0.05, 0) is 18.2 Å². The first kappa shape index (κ1) is 22.6. The Morgan fingerprint density at radius 2 is 1.88 bits per heavy atom. The van der Waals surface area contributed by atoms with Gasteiger partial charge in [0.05, 0.1) is 23.8 Å². The number of nitrogens with one attached hydrogen (secondary N) is 1. The van der Waals surface area contributed by atoms with Gasteiger partial charge in [0.1, 0.15) is 0 Å². The number of nitro benzene ring substituents is 1. The molecule has 1 aromatic carbocycles. The second kappa shape index (κ2) is 9.11. The van der Waals surface area contributed by atoms with Gasteiger partial charge >= 0.3 is 6.18 Å². The molecule has 1 aliphatic rings. The van der Waals surface area contributed by atoms with Crippen LogP contribution in [0.15, 0.2) is 36.4 Å². The molecule has 0 spiro atoms. The number of fused-ring (bicyclic) bond motifs is 1. The number of benzene rings is 1. The van der Waals surface area contributed by atoms with Crippen LogP contribution in [0.4, 0.5) is 18.9 Å². The van der Waals surface area contributed by atoms with Crippen molar-refractivity contribution < 1.29 is 27.6 Å². The van der Waals surface area contributed by atoms with E-state index < -0.39 is 22.7 Å². The number of carbonyl (C=O) groups excluding carboxylic acids is 1. The number of aromatic nitrogens is 3. The average Bonchev–Trinajstić information content (AvgIpc) is 3.23. The summed E-state index contributed by atoms with van der Waals surface area (Å²) in [7, 11) is 0. The van der Waals surface area contributed by atoms with Crippen molar-refractivity contribution in [1.29, 1.82) is 0 Å². The molecule has 1 N–H and O–H groups in total. The van der Waals surface area contributed by atoms with Crippen molar-refractivity contribution >= 4 is 17.2 Å². The number of hydrogen-bond donors (Lipinski definition) is 1. The van der Waals surface area contributed by atoms with Crippen molar-refractivity contribution in [2.75, 3.05) is 39.4 Å². The third-order valence-corrected chi connectivity index (χ3v) is 5.14. The van der Waals surface area contributed by atoms with E-state index in [-0.39, 0.29) is 28.3 Å². The molecule has 1 aliphatic heterocycles. The van der Waals surface area contributed by atoms with E-state index in [1.54, 1.807) is 0 Å². The minimum atomic E-state index is -4.77. The fourth-order valence-corrected chi connectivity index (χ4v) is 3.43. The Morgan fingerprint density at radius 1 is 1.18 bits per heavy atom. The smallest absolute Gasteiger partial charge is 0.379 e. The molecule has 2 aromatic heterocycles. The van der Waals surface area contributed by atoms with Gasteiger partial charge in [-0.15, -0.1) is 0 Å². The Hall–Kier alpha value is -3.58. The minimum absolute atomic E-state index is 0.0519. The Kier molecular flexibility index (Phi) is 6.24. The van der Waals surface area contributed by atoms with Crippen LogP contribution in [0.5, 0.6) is 0 Å². The van der Waals surface area contributed by atoms with Crippen LogP contribution in [0, 0.1) is 10.1 Å². The first-order valence-electron chi connectivity index (χ1n) is 10.0. The Bertz CT molecular complexity index is 1170. The van der Waals surface area contributed by atoms with E-state index in [2.05, 4.69) is 20.3 Å². The molecule has 1 amide bonds. The summed E-state index contributed by atoms with van der Waals surface area (Å²) >= 11 is 0. The molecule has 0 aliphatic carbocycles. The maximum atomic E-state index is 13.7. The molecular formula is C20H19F3N6O4. The fraction of sp³-hybridized carbons (Fsp3) is 0.350. The molecule has 0 bridgehead atoms. The predicted molar refractivity (Wildman–Crippen MR) is 110 cm³/mol. The van der Waals surface area contributed by atoms with Crippen LogP contribution in [0.1, 0.15) is 16.2 Å². The number of halogens is 3. The van der Waals surface area contributed by atoms with Gasteiger partial charge in [-0.25, -0.2) is 9.50 Å². The normalized spacial score (nSPS) is 15.0. The number of nitro groups is 1. The van der Waals surface area contributed by atoms with Crippen LogP contribution in [0.3, 0.4) is 0 Å². The Morgan fingerprint density at radius 3 is 2.52 bits per heavy atom. The summed E-state index contributed by atoms with van der Waals surface area (Å²) in [6.45, 7) is 3.61. The molecule has 0 saturated carbocycles. The highest BCUT2D eigenvalue weighted by atomic mass is 19.4. The van der Waals surface area contributed by atoms with E-state index >= 15 is 0 Å². The number of nitrogens with zero attached hydrogens (tertiary/aromatic N) is 5. The zero-order valence-electron chi connectivity index (χ0n) is 17.2. The summed E-state index contributed by atoms with van der Waals surface area (Å²) in [4.78, 5) is 29.0. The molecule has 1 saturated heterocycles. The van der Waals surface area contributed by atoms with Gasteiger partial charge in [-0.2, -0.15) is 18.3 Å². The summed E-state index contributed by atoms with van der Waals surface area (Å²) < 4.78 is 47.0. The van der Waals surface area contributed by atoms with Crippen LogP contribution in [0.25, 0.3) is 16.9 Å². The topological polar surface area (TPSA) is 115 Å². The monoisotopic (exact) mass is 464 g/mol. The lowest BCUT2D eigenvalue weighted by Gasteiger charge is -2.26. The van der Waals surface area contributed by atoms with Gasteiger partial charge in [-0.1, -0.05) is 0 Å². The summed E-state index contributed by atoms with van der Waals surface area (Å²) in [5.74, 6) is -0.612. The zero-order chi connectivity index (χ0) is 23.6. The zero-order valence-corrected chi connectivity index (χ0v) is 17.2. The van der Waals surface area contributed by atoms with Crippen LogP contribution >= 0.6 is 0 Å². The minimum Gasteiger partial charge on any atom is -0.379 e. The van der Waals surface area contributed by atoms with Crippen molar-refractivity contribution in [2.24, 2.45) is 0 Å². The van der Waals surface area contributed by atoms with Crippen molar-refractivity contribution in [3.05, 3.63) is 57.9 Å². The van der Waals surface area contributed by atoms with E-state index in [0.29, 0.717) is 30.8 Å². The third-order valence-electron chi connectivity index (χ3n) is 5.14. The van der Waals surface area contributed by atoms with Crippen LogP contribution < -0.4 is 5.32 Å². The quantitative estimate of drug-likeness (QED) is 0.440. The van der Waals surface area contributed by atoms with Crippen LogP contribution in [-0.4, -0.2) is 69.7 Å². The van der Waals surface area contributed by atoms with Gasteiger partial charge in [0.15, 0.2) is 17.0 Å². The van der Waals surface area contributed by atoms with Crippen molar-refractivity contribution in [1.82, 2.24) is 24.8 Å². The summed E-state index contributed by atoms with van der Waals surface area (Å²) in [5.41, 5.74) is -1.48.